The molecule has 1 aromatic rings. The monoisotopic (exact) mass is 282 g/mol. The first-order chi connectivity index (χ1) is 8.87. The molecule has 0 aromatic heterocycles. The van der Waals surface area contributed by atoms with Gasteiger partial charge in [0.05, 0.1) is 4.92 Å². The highest BCUT2D eigenvalue weighted by Gasteiger charge is 2.26. The first kappa shape index (κ1) is 14.1. The fraction of sp³-hybridized carbons (Fsp3) is 0.571. The van der Waals surface area contributed by atoms with Gasteiger partial charge in [-0.05, 0) is 43.2 Å². The quantitative estimate of drug-likeness (QED) is 0.649. The molecule has 1 aliphatic carbocycles. The molecule has 19 heavy (non-hydrogen) atoms. The lowest BCUT2D eigenvalue weighted by atomic mass is 9.75. The van der Waals surface area contributed by atoms with E-state index >= 15 is 0 Å². The van der Waals surface area contributed by atoms with E-state index in [0.717, 1.165) is 18.5 Å². The van der Waals surface area contributed by atoms with Crippen molar-refractivity contribution in [2.45, 2.75) is 45.6 Å². The van der Waals surface area contributed by atoms with Gasteiger partial charge in [-0.25, -0.2) is 0 Å². The second kappa shape index (κ2) is 5.37. The van der Waals surface area contributed by atoms with E-state index in [9.17, 15) is 10.1 Å². The molecule has 1 fully saturated rings. The van der Waals surface area contributed by atoms with Crippen LogP contribution in [0.1, 0.15) is 39.5 Å². The van der Waals surface area contributed by atoms with E-state index in [2.05, 4.69) is 19.2 Å². The Morgan fingerprint density at radius 3 is 2.58 bits per heavy atom. The summed E-state index contributed by atoms with van der Waals surface area (Å²) in [5.74, 6) is 0. The number of nitro groups is 1. The Bertz CT molecular complexity index is 478. The van der Waals surface area contributed by atoms with Gasteiger partial charge in [0.15, 0.2) is 0 Å². The molecule has 1 aliphatic rings. The molecule has 104 valence electrons. The van der Waals surface area contributed by atoms with Crippen molar-refractivity contribution in [3.63, 3.8) is 0 Å². The molecule has 0 amide bonds. The Balaban J connectivity index is 2.04. The molecule has 5 heteroatoms. The number of nitrogens with one attached hydrogen (secondary N) is 1. The van der Waals surface area contributed by atoms with Crippen LogP contribution in [0.2, 0.25) is 5.02 Å². The van der Waals surface area contributed by atoms with Crippen molar-refractivity contribution in [3.05, 3.63) is 33.3 Å². The van der Waals surface area contributed by atoms with Crippen LogP contribution in [-0.2, 0) is 0 Å². The fourth-order valence-corrected chi connectivity index (χ4v) is 2.71. The molecule has 0 bridgehead atoms. The zero-order valence-electron chi connectivity index (χ0n) is 11.3. The normalized spacial score (nSPS) is 19.1. The summed E-state index contributed by atoms with van der Waals surface area (Å²) in [4.78, 5) is 10.4. The van der Waals surface area contributed by atoms with Gasteiger partial charge in [0.25, 0.3) is 5.69 Å². The Kier molecular flexibility index (Phi) is 3.99. The van der Waals surface area contributed by atoms with E-state index in [4.69, 9.17) is 11.6 Å². The third-order valence-corrected chi connectivity index (χ3v) is 4.17. The van der Waals surface area contributed by atoms with Crippen LogP contribution in [0.25, 0.3) is 0 Å². The zero-order valence-corrected chi connectivity index (χ0v) is 12.0. The van der Waals surface area contributed by atoms with Crippen molar-refractivity contribution in [2.75, 3.05) is 5.32 Å². The molecule has 1 aromatic carbocycles. The minimum Gasteiger partial charge on any atom is -0.382 e. The maximum atomic E-state index is 10.8. The van der Waals surface area contributed by atoms with Gasteiger partial charge in [0, 0.05) is 17.8 Å². The summed E-state index contributed by atoms with van der Waals surface area (Å²) in [5.41, 5.74) is 1.16. The minimum atomic E-state index is -0.447. The summed E-state index contributed by atoms with van der Waals surface area (Å²) < 4.78 is 0. The molecule has 0 unspecified atom stereocenters. The summed E-state index contributed by atoms with van der Waals surface area (Å²) in [6.07, 6.45) is 4.56. The van der Waals surface area contributed by atoms with Crippen molar-refractivity contribution < 1.29 is 4.92 Å². The van der Waals surface area contributed by atoms with Crippen LogP contribution < -0.4 is 5.32 Å². The Hall–Kier alpha value is -1.29. The summed E-state index contributed by atoms with van der Waals surface area (Å²) in [6, 6.07) is 5.29. The van der Waals surface area contributed by atoms with E-state index in [1.54, 1.807) is 12.1 Å². The highest BCUT2D eigenvalue weighted by molar-refractivity contribution is 6.32. The van der Waals surface area contributed by atoms with E-state index in [-0.39, 0.29) is 10.7 Å². The smallest absolute Gasteiger partial charge is 0.289 e. The molecule has 0 atom stereocenters. The summed E-state index contributed by atoms with van der Waals surface area (Å²) in [7, 11) is 0. The van der Waals surface area contributed by atoms with Gasteiger partial charge < -0.3 is 5.32 Å². The summed E-state index contributed by atoms with van der Waals surface area (Å²) in [5, 5.41) is 14.4. The molecule has 1 N–H and O–H groups in total. The van der Waals surface area contributed by atoms with Gasteiger partial charge in [-0.2, -0.15) is 0 Å². The molecule has 2 rings (SSSR count). The summed E-state index contributed by atoms with van der Waals surface area (Å²) in [6.45, 7) is 4.58. The molecule has 0 spiro atoms. The highest BCUT2D eigenvalue weighted by atomic mass is 35.5. The molecule has 0 aliphatic heterocycles. The van der Waals surface area contributed by atoms with E-state index < -0.39 is 4.92 Å². The number of halogens is 1. The Morgan fingerprint density at radius 2 is 2.00 bits per heavy atom. The summed E-state index contributed by atoms with van der Waals surface area (Å²) >= 11 is 5.80. The van der Waals surface area contributed by atoms with Crippen LogP contribution in [0, 0.1) is 15.5 Å². The van der Waals surface area contributed by atoms with Crippen LogP contribution >= 0.6 is 11.6 Å². The van der Waals surface area contributed by atoms with Crippen LogP contribution in [0.4, 0.5) is 11.4 Å². The average Bonchev–Trinajstić information content (AvgIpc) is 2.34. The van der Waals surface area contributed by atoms with Crippen LogP contribution in [0.15, 0.2) is 18.2 Å². The number of benzene rings is 1. The third-order valence-electron chi connectivity index (χ3n) is 3.85. The Labute approximate surface area is 118 Å². The molecular weight excluding hydrogens is 264 g/mol. The van der Waals surface area contributed by atoms with Gasteiger partial charge in [-0.3, -0.25) is 10.1 Å². The molecule has 0 heterocycles. The average molecular weight is 283 g/mol. The first-order valence-electron chi connectivity index (χ1n) is 6.58. The van der Waals surface area contributed by atoms with Crippen molar-refractivity contribution in [2.24, 2.45) is 5.41 Å². The third kappa shape index (κ3) is 3.60. The van der Waals surface area contributed by atoms with E-state index in [1.807, 2.05) is 0 Å². The zero-order chi connectivity index (χ0) is 14.0. The molecule has 4 nitrogen and oxygen atoms in total. The maximum absolute atomic E-state index is 10.8. The minimum absolute atomic E-state index is 0.0391. The SMILES string of the molecule is CC1(C)CCC(Nc2ccc(Cl)c([N+](=O)[O-])c2)CC1. The van der Waals surface area contributed by atoms with E-state index in [0.29, 0.717) is 11.5 Å². The van der Waals surface area contributed by atoms with Crippen molar-refractivity contribution in [1.82, 2.24) is 0 Å². The lowest BCUT2D eigenvalue weighted by Gasteiger charge is -2.35. The van der Waals surface area contributed by atoms with Gasteiger partial charge in [0.2, 0.25) is 0 Å². The number of hydrogen-bond acceptors (Lipinski definition) is 3. The predicted molar refractivity (Wildman–Crippen MR) is 77.8 cm³/mol. The van der Waals surface area contributed by atoms with Crippen LogP contribution in [-0.4, -0.2) is 11.0 Å². The van der Waals surface area contributed by atoms with Crippen LogP contribution in [0.5, 0.6) is 0 Å². The molecule has 0 saturated heterocycles. The number of nitro benzene ring substituents is 1. The Morgan fingerprint density at radius 1 is 1.37 bits per heavy atom. The lowest BCUT2D eigenvalue weighted by molar-refractivity contribution is -0.384. The van der Waals surface area contributed by atoms with Gasteiger partial charge in [0.1, 0.15) is 5.02 Å². The number of hydrogen-bond donors (Lipinski definition) is 1. The highest BCUT2D eigenvalue weighted by Crippen LogP contribution is 2.36. The largest absolute Gasteiger partial charge is 0.382 e. The topological polar surface area (TPSA) is 55.2 Å². The number of rotatable bonds is 3. The van der Waals surface area contributed by atoms with Gasteiger partial charge >= 0.3 is 0 Å². The second-order valence-electron chi connectivity index (χ2n) is 6.01. The first-order valence-corrected chi connectivity index (χ1v) is 6.96. The number of nitrogens with zero attached hydrogens (tertiary/aromatic N) is 1. The van der Waals surface area contributed by atoms with Gasteiger partial charge in [-0.1, -0.05) is 25.4 Å². The van der Waals surface area contributed by atoms with Crippen molar-refractivity contribution in [1.29, 1.82) is 0 Å². The molecule has 0 radical (unpaired) electrons. The van der Waals surface area contributed by atoms with Crippen molar-refractivity contribution >= 4 is 23.0 Å². The predicted octanol–water partition coefficient (Wildman–Crippen LogP) is 4.63. The lowest BCUT2D eigenvalue weighted by Crippen LogP contribution is -2.29. The van der Waals surface area contributed by atoms with E-state index in [1.165, 1.54) is 18.9 Å². The number of anilines is 1. The molecular formula is C14H19ClN2O2. The van der Waals surface area contributed by atoms with Gasteiger partial charge in [-0.15, -0.1) is 0 Å². The standard InChI is InChI=1S/C14H19ClN2O2/c1-14(2)7-5-10(6-8-14)16-11-3-4-12(15)13(9-11)17(18)19/h3-4,9-10,16H,5-8H2,1-2H3. The van der Waals surface area contributed by atoms with Crippen molar-refractivity contribution in [3.8, 4) is 0 Å². The second-order valence-corrected chi connectivity index (χ2v) is 6.41. The fourth-order valence-electron chi connectivity index (χ4n) is 2.52. The molecule has 1 saturated carbocycles. The van der Waals surface area contributed by atoms with Crippen LogP contribution in [0.3, 0.4) is 0 Å². The maximum Gasteiger partial charge on any atom is 0.289 e.